The highest BCUT2D eigenvalue weighted by Crippen LogP contribution is 2.27. The molecule has 0 saturated heterocycles. The number of halogens is 1. The number of amides is 1. The fraction of sp³-hybridized carbons (Fsp3) is 0.333. The molecule has 0 aliphatic rings. The Balaban J connectivity index is 1.85. The third kappa shape index (κ3) is 3.40. The van der Waals surface area contributed by atoms with E-state index in [9.17, 15) is 4.79 Å². The first-order valence-corrected chi connectivity index (χ1v) is 8.00. The molecule has 96 valence electrons. The highest BCUT2D eigenvalue weighted by molar-refractivity contribution is 9.11. The zero-order valence-corrected chi connectivity index (χ0v) is 13.3. The fourth-order valence-electron chi connectivity index (χ4n) is 1.49. The number of nitrogens with zero attached hydrogens (tertiary/aromatic N) is 1. The summed E-state index contributed by atoms with van der Waals surface area (Å²) in [7, 11) is 0. The van der Waals surface area contributed by atoms with E-state index >= 15 is 0 Å². The molecule has 0 aliphatic carbocycles. The number of thiophene rings is 1. The fourth-order valence-corrected chi connectivity index (χ4v) is 3.58. The monoisotopic (exact) mass is 344 g/mol. The van der Waals surface area contributed by atoms with Gasteiger partial charge in [-0.25, -0.2) is 4.98 Å². The molecule has 6 heteroatoms. The van der Waals surface area contributed by atoms with Crippen LogP contribution in [0.1, 0.15) is 25.9 Å². The molecule has 18 heavy (non-hydrogen) atoms. The van der Waals surface area contributed by atoms with E-state index in [0.29, 0.717) is 6.54 Å². The Hall–Kier alpha value is -0.720. The average molecular weight is 345 g/mol. The van der Waals surface area contributed by atoms with Gasteiger partial charge in [0.2, 0.25) is 0 Å². The summed E-state index contributed by atoms with van der Waals surface area (Å²) in [4.78, 5) is 17.0. The van der Waals surface area contributed by atoms with Crippen molar-refractivity contribution >= 4 is 44.5 Å². The van der Waals surface area contributed by atoms with Crippen molar-refractivity contribution in [2.45, 2.75) is 20.3 Å². The molecule has 1 amide bonds. The van der Waals surface area contributed by atoms with Crippen molar-refractivity contribution in [2.24, 2.45) is 0 Å². The predicted octanol–water partition coefficient (Wildman–Crippen LogP) is 3.56. The summed E-state index contributed by atoms with van der Waals surface area (Å²) in [5.41, 5.74) is 2.14. The first kappa shape index (κ1) is 13.7. The van der Waals surface area contributed by atoms with Crippen molar-refractivity contribution in [2.75, 3.05) is 6.54 Å². The van der Waals surface area contributed by atoms with Crippen LogP contribution in [0.2, 0.25) is 0 Å². The highest BCUT2D eigenvalue weighted by atomic mass is 79.9. The SMILES string of the molecule is Cc1nc(CCNC(=O)c2cc(C)c(Br)s2)cs1. The number of rotatable bonds is 4. The van der Waals surface area contributed by atoms with Crippen LogP contribution >= 0.6 is 38.6 Å². The number of aryl methyl sites for hydroxylation is 2. The molecule has 0 spiro atoms. The smallest absolute Gasteiger partial charge is 0.261 e. The molecule has 0 unspecified atom stereocenters. The lowest BCUT2D eigenvalue weighted by atomic mass is 10.3. The van der Waals surface area contributed by atoms with Crippen molar-refractivity contribution < 1.29 is 4.79 Å². The molecule has 2 heterocycles. The highest BCUT2D eigenvalue weighted by Gasteiger charge is 2.10. The van der Waals surface area contributed by atoms with Gasteiger partial charge in [0.05, 0.1) is 19.4 Å². The van der Waals surface area contributed by atoms with Crippen LogP contribution in [0, 0.1) is 13.8 Å². The average Bonchev–Trinajstić information content (AvgIpc) is 2.87. The van der Waals surface area contributed by atoms with Crippen LogP contribution in [0.5, 0.6) is 0 Å². The van der Waals surface area contributed by atoms with Gasteiger partial charge in [-0.2, -0.15) is 0 Å². The van der Waals surface area contributed by atoms with E-state index in [2.05, 4.69) is 26.2 Å². The van der Waals surface area contributed by atoms with E-state index in [1.807, 2.05) is 25.3 Å². The van der Waals surface area contributed by atoms with Crippen LogP contribution in [-0.2, 0) is 6.42 Å². The second-order valence-electron chi connectivity index (χ2n) is 3.93. The standard InChI is InChI=1S/C12H13BrN2OS2/c1-7-5-10(18-11(7)13)12(16)14-4-3-9-6-17-8(2)15-9/h5-6H,3-4H2,1-2H3,(H,14,16). The van der Waals surface area contributed by atoms with Crippen molar-refractivity contribution in [3.63, 3.8) is 0 Å². The molecule has 3 nitrogen and oxygen atoms in total. The molecule has 2 aromatic rings. The number of hydrogen-bond donors (Lipinski definition) is 1. The lowest BCUT2D eigenvalue weighted by Gasteiger charge is -2.01. The number of carbonyl (C=O) groups is 1. The molecular weight excluding hydrogens is 332 g/mol. The van der Waals surface area contributed by atoms with Crippen molar-refractivity contribution in [1.82, 2.24) is 10.3 Å². The number of nitrogens with one attached hydrogen (secondary N) is 1. The molecule has 2 aromatic heterocycles. The maximum absolute atomic E-state index is 11.9. The van der Waals surface area contributed by atoms with Crippen LogP contribution in [0.25, 0.3) is 0 Å². The van der Waals surface area contributed by atoms with Crippen LogP contribution in [0.3, 0.4) is 0 Å². The van der Waals surface area contributed by atoms with Gasteiger partial charge in [0.1, 0.15) is 0 Å². The van der Waals surface area contributed by atoms with Gasteiger partial charge in [-0.3, -0.25) is 4.79 Å². The van der Waals surface area contributed by atoms with Crippen LogP contribution in [-0.4, -0.2) is 17.4 Å². The topological polar surface area (TPSA) is 42.0 Å². The predicted molar refractivity (Wildman–Crippen MR) is 79.6 cm³/mol. The van der Waals surface area contributed by atoms with Gasteiger partial charge in [0.25, 0.3) is 5.91 Å². The molecule has 0 radical (unpaired) electrons. The van der Waals surface area contributed by atoms with Gasteiger partial charge in [-0.15, -0.1) is 22.7 Å². The molecule has 0 aliphatic heterocycles. The molecule has 0 aromatic carbocycles. The van der Waals surface area contributed by atoms with E-state index in [4.69, 9.17) is 0 Å². The van der Waals surface area contributed by atoms with Crippen LogP contribution in [0.15, 0.2) is 15.2 Å². The summed E-state index contributed by atoms with van der Waals surface area (Å²) in [6.07, 6.45) is 0.779. The number of aromatic nitrogens is 1. The van der Waals surface area contributed by atoms with Gasteiger partial charge < -0.3 is 5.32 Å². The third-order valence-electron chi connectivity index (χ3n) is 2.41. The van der Waals surface area contributed by atoms with E-state index in [1.165, 1.54) is 11.3 Å². The van der Waals surface area contributed by atoms with Crippen molar-refractivity contribution in [1.29, 1.82) is 0 Å². The van der Waals surface area contributed by atoms with Gasteiger partial charge in [0, 0.05) is 18.3 Å². The Morgan fingerprint density at radius 2 is 2.28 bits per heavy atom. The van der Waals surface area contributed by atoms with E-state index in [0.717, 1.165) is 31.3 Å². The zero-order valence-electron chi connectivity index (χ0n) is 10.1. The van der Waals surface area contributed by atoms with Gasteiger partial charge >= 0.3 is 0 Å². The molecule has 1 N–H and O–H groups in total. The minimum atomic E-state index is -0.0132. The van der Waals surface area contributed by atoms with E-state index in [1.54, 1.807) is 11.3 Å². The molecule has 0 saturated carbocycles. The summed E-state index contributed by atoms with van der Waals surface area (Å²) >= 11 is 6.52. The Morgan fingerprint density at radius 3 is 2.83 bits per heavy atom. The molecular formula is C12H13BrN2OS2. The van der Waals surface area contributed by atoms with E-state index < -0.39 is 0 Å². The normalized spacial score (nSPS) is 10.6. The van der Waals surface area contributed by atoms with Crippen LogP contribution < -0.4 is 5.32 Å². The maximum Gasteiger partial charge on any atom is 0.261 e. The largest absolute Gasteiger partial charge is 0.351 e. The van der Waals surface area contributed by atoms with Crippen molar-refractivity contribution in [3.05, 3.63) is 36.4 Å². The first-order chi connectivity index (χ1) is 8.56. The minimum Gasteiger partial charge on any atom is -0.351 e. The van der Waals surface area contributed by atoms with Gasteiger partial charge in [-0.05, 0) is 41.4 Å². The second kappa shape index (κ2) is 5.95. The summed E-state index contributed by atoms with van der Waals surface area (Å²) in [6, 6.07) is 1.90. The molecule has 0 atom stereocenters. The number of hydrogen-bond acceptors (Lipinski definition) is 4. The summed E-state index contributed by atoms with van der Waals surface area (Å²) < 4.78 is 1.02. The number of thiazole rings is 1. The van der Waals surface area contributed by atoms with Crippen molar-refractivity contribution in [3.8, 4) is 0 Å². The summed E-state index contributed by atoms with van der Waals surface area (Å²) in [6.45, 7) is 4.59. The van der Waals surface area contributed by atoms with Crippen LogP contribution in [0.4, 0.5) is 0 Å². The first-order valence-electron chi connectivity index (χ1n) is 5.51. The number of carbonyl (C=O) groups excluding carboxylic acids is 1. The second-order valence-corrected chi connectivity index (χ2v) is 7.36. The zero-order chi connectivity index (χ0) is 13.1. The van der Waals surface area contributed by atoms with E-state index in [-0.39, 0.29) is 5.91 Å². The summed E-state index contributed by atoms with van der Waals surface area (Å²) in [5, 5.41) is 6.01. The third-order valence-corrected chi connectivity index (χ3v) is 5.37. The quantitative estimate of drug-likeness (QED) is 0.921. The Kier molecular flexibility index (Phi) is 4.53. The Labute approximate surface area is 122 Å². The maximum atomic E-state index is 11.9. The molecule has 0 bridgehead atoms. The minimum absolute atomic E-state index is 0.0132. The summed E-state index contributed by atoms with van der Waals surface area (Å²) in [5.74, 6) is -0.0132. The van der Waals surface area contributed by atoms with Gasteiger partial charge in [-0.1, -0.05) is 0 Å². The molecule has 2 rings (SSSR count). The lowest BCUT2D eigenvalue weighted by Crippen LogP contribution is -2.24. The Bertz CT molecular complexity index is 543. The molecule has 0 fully saturated rings. The lowest BCUT2D eigenvalue weighted by molar-refractivity contribution is 0.0958. The van der Waals surface area contributed by atoms with Gasteiger partial charge in [0.15, 0.2) is 0 Å². The Morgan fingerprint density at radius 1 is 1.50 bits per heavy atom.